The monoisotopic (exact) mass is 299 g/mol. The van der Waals surface area contributed by atoms with Crippen molar-refractivity contribution >= 4 is 17.0 Å². The molecule has 110 valence electrons. The number of hydrogen-bond donors (Lipinski definition) is 1. The molecule has 0 bridgehead atoms. The largest absolute Gasteiger partial charge is 0.377 e. The Morgan fingerprint density at radius 3 is 2.95 bits per heavy atom. The summed E-state index contributed by atoms with van der Waals surface area (Å²) < 4.78 is 6.11. The molecule has 0 saturated carbocycles. The number of rotatable bonds is 2. The van der Waals surface area contributed by atoms with Crippen LogP contribution in [0, 0.1) is 5.92 Å². The molecule has 2 aliphatic heterocycles. The highest BCUT2D eigenvalue weighted by molar-refractivity contribution is 7.10. The van der Waals surface area contributed by atoms with Crippen molar-refractivity contribution in [3.8, 4) is 0 Å². The fourth-order valence-corrected chi connectivity index (χ4v) is 4.45. The summed E-state index contributed by atoms with van der Waals surface area (Å²) in [5.41, 5.74) is 4.01. The molecular formula is C18H21NOS. The first-order valence-corrected chi connectivity index (χ1v) is 8.67. The second-order valence-electron chi connectivity index (χ2n) is 6.38. The highest BCUT2D eigenvalue weighted by Crippen LogP contribution is 2.50. The van der Waals surface area contributed by atoms with Crippen molar-refractivity contribution in [2.24, 2.45) is 5.92 Å². The van der Waals surface area contributed by atoms with Gasteiger partial charge in [0.15, 0.2) is 0 Å². The van der Waals surface area contributed by atoms with Crippen LogP contribution in [0.15, 0.2) is 35.7 Å². The molecule has 1 saturated heterocycles. The molecule has 3 heterocycles. The Labute approximate surface area is 130 Å². The molecule has 0 radical (unpaired) electrons. The number of hydrogen-bond acceptors (Lipinski definition) is 3. The Bertz CT molecular complexity index is 635. The molecule has 0 spiro atoms. The van der Waals surface area contributed by atoms with Crippen LogP contribution in [0.5, 0.6) is 0 Å². The molecule has 21 heavy (non-hydrogen) atoms. The van der Waals surface area contributed by atoms with E-state index in [9.17, 15) is 0 Å². The zero-order valence-corrected chi connectivity index (χ0v) is 13.3. The minimum atomic E-state index is 0.257. The van der Waals surface area contributed by atoms with Gasteiger partial charge in [-0.1, -0.05) is 32.0 Å². The number of nitrogens with one attached hydrogen (secondary N) is 1. The maximum atomic E-state index is 6.11. The lowest BCUT2D eigenvalue weighted by atomic mass is 9.82. The lowest BCUT2D eigenvalue weighted by Gasteiger charge is -2.36. The van der Waals surface area contributed by atoms with Gasteiger partial charge >= 0.3 is 0 Å². The van der Waals surface area contributed by atoms with Gasteiger partial charge in [0.1, 0.15) is 0 Å². The van der Waals surface area contributed by atoms with Crippen LogP contribution in [0.25, 0.3) is 0 Å². The van der Waals surface area contributed by atoms with Gasteiger partial charge in [-0.05, 0) is 35.4 Å². The van der Waals surface area contributed by atoms with Crippen LogP contribution in [-0.4, -0.2) is 6.61 Å². The smallest absolute Gasteiger partial charge is 0.0897 e. The Balaban J connectivity index is 1.77. The normalized spacial score (nSPS) is 27.3. The molecule has 4 rings (SSSR count). The summed E-state index contributed by atoms with van der Waals surface area (Å²) in [5.74, 6) is 1.11. The lowest BCUT2D eigenvalue weighted by Crippen LogP contribution is -2.28. The van der Waals surface area contributed by atoms with E-state index in [0.717, 1.165) is 13.0 Å². The van der Waals surface area contributed by atoms with E-state index in [0.29, 0.717) is 17.9 Å². The Morgan fingerprint density at radius 2 is 2.19 bits per heavy atom. The zero-order chi connectivity index (χ0) is 14.4. The van der Waals surface area contributed by atoms with Gasteiger partial charge in [-0.3, -0.25) is 0 Å². The molecule has 0 unspecified atom stereocenters. The fourth-order valence-electron chi connectivity index (χ4n) is 3.60. The average molecular weight is 299 g/mol. The van der Waals surface area contributed by atoms with Crippen LogP contribution in [0.4, 0.5) is 5.69 Å². The van der Waals surface area contributed by atoms with Crippen molar-refractivity contribution in [1.82, 2.24) is 0 Å². The van der Waals surface area contributed by atoms with Crippen LogP contribution in [-0.2, 0) is 4.74 Å². The van der Waals surface area contributed by atoms with E-state index in [2.05, 4.69) is 54.9 Å². The fraction of sp³-hybridized carbons (Fsp3) is 0.444. The minimum Gasteiger partial charge on any atom is -0.377 e. The second-order valence-corrected chi connectivity index (χ2v) is 7.36. The molecule has 3 atom stereocenters. The molecule has 0 aliphatic carbocycles. The SMILES string of the molecule is CC(C)c1ccc2c(c1)[C@@H]1OCC[C@@H]1[C@H](c1cccs1)N2. The van der Waals surface area contributed by atoms with Gasteiger partial charge in [0, 0.05) is 28.7 Å². The first kappa shape index (κ1) is 13.4. The number of anilines is 1. The van der Waals surface area contributed by atoms with Crippen molar-refractivity contribution in [3.63, 3.8) is 0 Å². The average Bonchev–Trinajstić information content (AvgIpc) is 3.17. The second kappa shape index (κ2) is 5.15. The Hall–Kier alpha value is -1.32. The van der Waals surface area contributed by atoms with E-state index in [4.69, 9.17) is 4.74 Å². The third-order valence-electron chi connectivity index (χ3n) is 4.78. The lowest BCUT2D eigenvalue weighted by molar-refractivity contribution is 0.0831. The van der Waals surface area contributed by atoms with Crippen LogP contribution < -0.4 is 5.32 Å². The van der Waals surface area contributed by atoms with Crippen LogP contribution in [0.1, 0.15) is 54.3 Å². The molecule has 0 amide bonds. The van der Waals surface area contributed by atoms with Gasteiger partial charge in [-0.25, -0.2) is 0 Å². The molecule has 2 nitrogen and oxygen atoms in total. The van der Waals surface area contributed by atoms with Gasteiger partial charge < -0.3 is 10.1 Å². The van der Waals surface area contributed by atoms with Crippen molar-refractivity contribution < 1.29 is 4.74 Å². The van der Waals surface area contributed by atoms with E-state index in [1.807, 2.05) is 11.3 Å². The van der Waals surface area contributed by atoms with Gasteiger partial charge in [0.2, 0.25) is 0 Å². The van der Waals surface area contributed by atoms with E-state index in [-0.39, 0.29) is 6.10 Å². The van der Waals surface area contributed by atoms with Crippen LogP contribution >= 0.6 is 11.3 Å². The summed E-state index contributed by atoms with van der Waals surface area (Å²) in [6.07, 6.45) is 1.40. The quantitative estimate of drug-likeness (QED) is 0.831. The topological polar surface area (TPSA) is 21.3 Å². The third-order valence-corrected chi connectivity index (χ3v) is 5.73. The Kier molecular flexibility index (Phi) is 3.27. The van der Waals surface area contributed by atoms with Gasteiger partial charge in [-0.15, -0.1) is 11.3 Å². The minimum absolute atomic E-state index is 0.257. The number of fused-ring (bicyclic) bond motifs is 3. The highest BCUT2D eigenvalue weighted by atomic mass is 32.1. The predicted molar refractivity (Wildman–Crippen MR) is 88.0 cm³/mol. The molecule has 1 N–H and O–H groups in total. The van der Waals surface area contributed by atoms with Gasteiger partial charge in [0.25, 0.3) is 0 Å². The highest BCUT2D eigenvalue weighted by Gasteiger charge is 2.41. The van der Waals surface area contributed by atoms with E-state index in [1.54, 1.807) is 0 Å². The maximum absolute atomic E-state index is 6.11. The van der Waals surface area contributed by atoms with Gasteiger partial charge in [-0.2, -0.15) is 0 Å². The van der Waals surface area contributed by atoms with Crippen LogP contribution in [0.2, 0.25) is 0 Å². The van der Waals surface area contributed by atoms with Crippen molar-refractivity contribution in [1.29, 1.82) is 0 Å². The van der Waals surface area contributed by atoms with E-state index < -0.39 is 0 Å². The first-order valence-electron chi connectivity index (χ1n) is 7.79. The molecule has 1 aromatic carbocycles. The van der Waals surface area contributed by atoms with Crippen molar-refractivity contribution in [2.75, 3.05) is 11.9 Å². The van der Waals surface area contributed by atoms with Gasteiger partial charge in [0.05, 0.1) is 12.1 Å². The summed E-state index contributed by atoms with van der Waals surface area (Å²) in [5, 5.41) is 5.93. The van der Waals surface area contributed by atoms with E-state index >= 15 is 0 Å². The number of benzene rings is 1. The molecule has 1 fully saturated rings. The molecule has 1 aromatic heterocycles. The molecule has 3 heteroatoms. The zero-order valence-electron chi connectivity index (χ0n) is 12.5. The summed E-state index contributed by atoms with van der Waals surface area (Å²) in [6, 6.07) is 11.6. The standard InChI is InChI=1S/C18H21NOS/c1-11(2)12-5-6-15-14(10-12)18-13(7-8-20-18)17(19-15)16-4-3-9-21-16/h3-6,9-11,13,17-19H,7-8H2,1-2H3/t13-,17-,18-/m1/s1. The molecule has 2 aliphatic rings. The first-order chi connectivity index (χ1) is 10.2. The summed E-state index contributed by atoms with van der Waals surface area (Å²) in [4.78, 5) is 1.43. The molecular weight excluding hydrogens is 278 g/mol. The predicted octanol–water partition coefficient (Wildman–Crippen LogP) is 5.12. The van der Waals surface area contributed by atoms with Crippen molar-refractivity contribution in [2.45, 2.75) is 38.3 Å². The van der Waals surface area contributed by atoms with Crippen molar-refractivity contribution in [3.05, 3.63) is 51.7 Å². The van der Waals surface area contributed by atoms with E-state index in [1.165, 1.54) is 21.7 Å². The third kappa shape index (κ3) is 2.19. The Morgan fingerprint density at radius 1 is 1.29 bits per heavy atom. The number of ether oxygens (including phenoxy) is 1. The maximum Gasteiger partial charge on any atom is 0.0897 e. The summed E-state index contributed by atoms with van der Waals surface area (Å²) in [7, 11) is 0. The number of thiophene rings is 1. The van der Waals surface area contributed by atoms with Crippen LogP contribution in [0.3, 0.4) is 0 Å². The summed E-state index contributed by atoms with van der Waals surface area (Å²) >= 11 is 1.84. The molecule has 2 aromatic rings. The summed E-state index contributed by atoms with van der Waals surface area (Å²) in [6.45, 7) is 5.38.